The third-order valence-corrected chi connectivity index (χ3v) is 1.25. The van der Waals surface area contributed by atoms with E-state index in [9.17, 15) is 9.59 Å². The van der Waals surface area contributed by atoms with Crippen molar-refractivity contribution in [2.75, 3.05) is 0 Å². The Balaban J connectivity index is 4.18. The zero-order valence-corrected chi connectivity index (χ0v) is 6.84. The van der Waals surface area contributed by atoms with Crippen molar-refractivity contribution in [2.45, 2.75) is 26.8 Å². The first-order valence-electron chi connectivity index (χ1n) is 3.25. The van der Waals surface area contributed by atoms with E-state index in [0.717, 1.165) is 0 Å². The van der Waals surface area contributed by atoms with Gasteiger partial charge in [-0.25, -0.2) is 4.79 Å². The second kappa shape index (κ2) is 3.37. The van der Waals surface area contributed by atoms with Gasteiger partial charge in [0.2, 0.25) is 6.29 Å². The maximum atomic E-state index is 10.2. The summed E-state index contributed by atoms with van der Waals surface area (Å²) in [6.07, 6.45) is 0.431. The van der Waals surface area contributed by atoms with Gasteiger partial charge in [-0.1, -0.05) is 20.8 Å². The van der Waals surface area contributed by atoms with Gasteiger partial charge in [0.05, 0.1) is 0 Å². The molecule has 11 heavy (non-hydrogen) atoms. The predicted octanol–water partition coefficient (Wildman–Crippen LogP) is 0.778. The van der Waals surface area contributed by atoms with Crippen molar-refractivity contribution in [3.8, 4) is 0 Å². The van der Waals surface area contributed by atoms with Crippen LogP contribution >= 0.6 is 0 Å². The summed E-state index contributed by atoms with van der Waals surface area (Å²) in [4.78, 5) is 20.4. The molecule has 0 bridgehead atoms. The summed E-state index contributed by atoms with van der Waals surface area (Å²) >= 11 is 0. The van der Waals surface area contributed by atoms with Crippen molar-refractivity contribution in [3.05, 3.63) is 0 Å². The van der Waals surface area contributed by atoms with Gasteiger partial charge in [-0.05, 0) is 5.41 Å². The average molecular weight is 158 g/mol. The van der Waals surface area contributed by atoms with Crippen molar-refractivity contribution >= 4 is 12.4 Å². The van der Waals surface area contributed by atoms with Crippen LogP contribution in [-0.4, -0.2) is 23.5 Å². The fourth-order valence-electron chi connectivity index (χ4n) is 0.546. The number of hydrogen-bond acceptors (Lipinski definition) is 2. The van der Waals surface area contributed by atoms with Crippen LogP contribution in [0.5, 0.6) is 0 Å². The van der Waals surface area contributed by atoms with Gasteiger partial charge in [0, 0.05) is 0 Å². The molecular formula is C7H12NO3. The van der Waals surface area contributed by atoms with Crippen LogP contribution in [0.4, 0.5) is 4.79 Å². The van der Waals surface area contributed by atoms with E-state index in [1.165, 1.54) is 0 Å². The first kappa shape index (κ1) is 9.94. The summed E-state index contributed by atoms with van der Waals surface area (Å²) in [6.45, 7) is 5.29. The molecule has 0 fully saturated rings. The molecule has 0 aromatic rings. The van der Waals surface area contributed by atoms with Gasteiger partial charge in [-0.3, -0.25) is 4.79 Å². The molecular weight excluding hydrogens is 146 g/mol. The zero-order valence-electron chi connectivity index (χ0n) is 6.84. The Kier molecular flexibility index (Phi) is 3.04. The average Bonchev–Trinajstić information content (AvgIpc) is 1.79. The summed E-state index contributed by atoms with van der Waals surface area (Å²) in [5.41, 5.74) is -0.417. The molecule has 63 valence electrons. The number of hydrogen-bond donors (Lipinski definition) is 2. The van der Waals surface area contributed by atoms with Crippen LogP contribution in [0.2, 0.25) is 0 Å². The van der Waals surface area contributed by atoms with Crippen molar-refractivity contribution < 1.29 is 14.7 Å². The van der Waals surface area contributed by atoms with Gasteiger partial charge in [0.25, 0.3) is 0 Å². The molecule has 1 radical (unpaired) electrons. The van der Waals surface area contributed by atoms with E-state index in [0.29, 0.717) is 0 Å². The van der Waals surface area contributed by atoms with Gasteiger partial charge in [-0.15, -0.1) is 0 Å². The van der Waals surface area contributed by atoms with E-state index in [2.05, 4.69) is 5.32 Å². The van der Waals surface area contributed by atoms with Crippen LogP contribution in [0.3, 0.4) is 0 Å². The minimum Gasteiger partial charge on any atom is -0.465 e. The highest BCUT2D eigenvalue weighted by Gasteiger charge is 2.26. The van der Waals surface area contributed by atoms with Crippen molar-refractivity contribution in [2.24, 2.45) is 5.41 Å². The highest BCUT2D eigenvalue weighted by molar-refractivity contribution is 5.72. The Bertz CT molecular complexity index is 160. The Morgan fingerprint density at radius 1 is 1.55 bits per heavy atom. The third kappa shape index (κ3) is 3.60. The lowest BCUT2D eigenvalue weighted by Crippen LogP contribution is -2.44. The summed E-state index contributed by atoms with van der Waals surface area (Å²) in [6, 6.07) is -0.764. The molecule has 0 heterocycles. The number of carbonyl (C=O) groups excluding carboxylic acids is 1. The van der Waals surface area contributed by atoms with Crippen LogP contribution in [0.15, 0.2) is 0 Å². The summed E-state index contributed by atoms with van der Waals surface area (Å²) in [5, 5.41) is 10.4. The second-order valence-electron chi connectivity index (χ2n) is 3.37. The molecule has 2 N–H and O–H groups in total. The second-order valence-corrected chi connectivity index (χ2v) is 3.37. The first-order chi connectivity index (χ1) is 4.88. The van der Waals surface area contributed by atoms with Crippen molar-refractivity contribution in [3.63, 3.8) is 0 Å². The Hall–Kier alpha value is -1.06. The van der Waals surface area contributed by atoms with E-state index in [4.69, 9.17) is 5.11 Å². The molecule has 1 atom stereocenters. The molecule has 0 rings (SSSR count). The molecule has 0 aliphatic carbocycles. The molecule has 0 aromatic heterocycles. The van der Waals surface area contributed by atoms with Gasteiger partial charge < -0.3 is 10.4 Å². The smallest absolute Gasteiger partial charge is 0.405 e. The number of nitrogens with one attached hydrogen (secondary N) is 1. The van der Waals surface area contributed by atoms with Crippen molar-refractivity contribution in [1.82, 2.24) is 5.32 Å². The van der Waals surface area contributed by atoms with Crippen LogP contribution in [0.1, 0.15) is 20.8 Å². The normalized spacial score (nSPS) is 13.7. The van der Waals surface area contributed by atoms with Gasteiger partial charge >= 0.3 is 6.09 Å². The molecule has 1 unspecified atom stereocenters. The van der Waals surface area contributed by atoms with E-state index in [1.54, 1.807) is 27.1 Å². The van der Waals surface area contributed by atoms with Crippen LogP contribution < -0.4 is 5.32 Å². The molecule has 0 aliphatic heterocycles. The maximum Gasteiger partial charge on any atom is 0.405 e. The van der Waals surface area contributed by atoms with Crippen LogP contribution in [0.25, 0.3) is 0 Å². The Morgan fingerprint density at radius 2 is 2.00 bits per heavy atom. The molecule has 0 saturated heterocycles. The highest BCUT2D eigenvalue weighted by atomic mass is 16.4. The lowest BCUT2D eigenvalue weighted by molar-refractivity contribution is 0.183. The van der Waals surface area contributed by atoms with E-state index in [-0.39, 0.29) is 0 Å². The standard InChI is InChI=1S/C7H12NO3/c1-7(2,3)5(4-9)8-6(10)11/h5,8H,1-3H3,(H,10,11). The lowest BCUT2D eigenvalue weighted by Gasteiger charge is -2.24. The fourth-order valence-corrected chi connectivity index (χ4v) is 0.546. The predicted molar refractivity (Wildman–Crippen MR) is 40.1 cm³/mol. The number of carbonyl (C=O) groups is 1. The monoisotopic (exact) mass is 158 g/mol. The Morgan fingerprint density at radius 3 is 2.09 bits per heavy atom. The quantitative estimate of drug-likeness (QED) is 0.624. The number of rotatable bonds is 2. The first-order valence-corrected chi connectivity index (χ1v) is 3.25. The molecule has 4 heteroatoms. The molecule has 0 aliphatic rings. The van der Waals surface area contributed by atoms with E-state index >= 15 is 0 Å². The van der Waals surface area contributed by atoms with Gasteiger partial charge in [-0.2, -0.15) is 0 Å². The fraction of sp³-hybridized carbons (Fsp3) is 0.714. The largest absolute Gasteiger partial charge is 0.465 e. The molecule has 0 spiro atoms. The van der Waals surface area contributed by atoms with E-state index in [1.807, 2.05) is 0 Å². The molecule has 0 saturated carbocycles. The SMILES string of the molecule is CC(C)(C)C([C]=O)NC(=O)O. The molecule has 4 nitrogen and oxygen atoms in total. The summed E-state index contributed by atoms with van der Waals surface area (Å²) in [5.74, 6) is 0. The van der Waals surface area contributed by atoms with Crippen molar-refractivity contribution in [1.29, 1.82) is 0 Å². The minimum absolute atomic E-state index is 0.417. The minimum atomic E-state index is -1.20. The van der Waals surface area contributed by atoms with Crippen LogP contribution in [-0.2, 0) is 4.79 Å². The highest BCUT2D eigenvalue weighted by Crippen LogP contribution is 2.17. The Labute approximate surface area is 65.6 Å². The lowest BCUT2D eigenvalue weighted by atomic mass is 9.88. The topological polar surface area (TPSA) is 66.4 Å². The summed E-state index contributed by atoms with van der Waals surface area (Å²) in [7, 11) is 0. The zero-order chi connectivity index (χ0) is 9.07. The van der Waals surface area contributed by atoms with E-state index < -0.39 is 17.6 Å². The number of carboxylic acid groups (broad SMARTS) is 1. The maximum absolute atomic E-state index is 10.2. The van der Waals surface area contributed by atoms with Gasteiger partial charge in [0.1, 0.15) is 6.04 Å². The summed E-state index contributed by atoms with van der Waals surface area (Å²) < 4.78 is 0. The van der Waals surface area contributed by atoms with Crippen LogP contribution in [0, 0.1) is 5.41 Å². The number of amides is 1. The molecule has 0 aromatic carbocycles. The van der Waals surface area contributed by atoms with Gasteiger partial charge in [0.15, 0.2) is 0 Å². The molecule has 1 amide bonds. The third-order valence-electron chi connectivity index (χ3n) is 1.25.